The van der Waals surface area contributed by atoms with Gasteiger partial charge in [0.05, 0.1) is 25.2 Å². The van der Waals surface area contributed by atoms with Gasteiger partial charge < -0.3 is 19.7 Å². The molecule has 1 aromatic rings. The predicted octanol–water partition coefficient (Wildman–Crippen LogP) is 2.89. The Labute approximate surface area is 184 Å². The number of benzene rings is 1. The number of carbonyl (C=O) groups excluding carboxylic acids is 3. The second-order valence-electron chi connectivity index (χ2n) is 8.99. The van der Waals surface area contributed by atoms with E-state index in [2.05, 4.69) is 5.32 Å². The second kappa shape index (κ2) is 9.81. The van der Waals surface area contributed by atoms with Gasteiger partial charge in [0, 0.05) is 19.2 Å². The van der Waals surface area contributed by atoms with E-state index in [0.717, 1.165) is 31.2 Å². The molecule has 0 saturated heterocycles. The van der Waals surface area contributed by atoms with Crippen molar-refractivity contribution in [2.45, 2.75) is 63.5 Å². The molecule has 2 aliphatic rings. The van der Waals surface area contributed by atoms with E-state index < -0.39 is 23.5 Å². The van der Waals surface area contributed by atoms with Crippen LogP contribution in [0.1, 0.15) is 67.8 Å². The number of esters is 1. The number of ether oxygens (including phenoxy) is 2. The summed E-state index contributed by atoms with van der Waals surface area (Å²) >= 11 is 0. The van der Waals surface area contributed by atoms with Gasteiger partial charge in [-0.1, -0.05) is 44.9 Å². The van der Waals surface area contributed by atoms with Crippen molar-refractivity contribution in [1.82, 2.24) is 10.2 Å². The van der Waals surface area contributed by atoms with Gasteiger partial charge in [0.2, 0.25) is 5.91 Å². The van der Waals surface area contributed by atoms with Crippen LogP contribution in [0.5, 0.6) is 0 Å². The van der Waals surface area contributed by atoms with Crippen molar-refractivity contribution in [3.63, 3.8) is 0 Å². The highest BCUT2D eigenvalue weighted by Gasteiger charge is 2.55. The van der Waals surface area contributed by atoms with Gasteiger partial charge in [-0.2, -0.15) is 0 Å². The van der Waals surface area contributed by atoms with E-state index in [-0.39, 0.29) is 17.7 Å². The van der Waals surface area contributed by atoms with Crippen LogP contribution in [0.2, 0.25) is 0 Å². The van der Waals surface area contributed by atoms with Crippen molar-refractivity contribution in [1.29, 1.82) is 0 Å². The highest BCUT2D eigenvalue weighted by atomic mass is 16.5. The Balaban J connectivity index is 2.04. The molecule has 0 radical (unpaired) electrons. The molecule has 1 fully saturated rings. The minimum Gasteiger partial charge on any atom is -0.467 e. The van der Waals surface area contributed by atoms with E-state index in [1.807, 2.05) is 36.9 Å². The zero-order valence-corrected chi connectivity index (χ0v) is 19.0. The summed E-state index contributed by atoms with van der Waals surface area (Å²) in [5.41, 5.74) is 0.690. The van der Waals surface area contributed by atoms with Crippen molar-refractivity contribution in [3.05, 3.63) is 35.4 Å². The minimum atomic E-state index is -0.715. The molecule has 1 spiro atoms. The van der Waals surface area contributed by atoms with E-state index in [0.29, 0.717) is 25.1 Å². The van der Waals surface area contributed by atoms with Crippen LogP contribution in [-0.4, -0.2) is 61.6 Å². The molecule has 0 aromatic heterocycles. The van der Waals surface area contributed by atoms with Crippen LogP contribution < -0.4 is 5.32 Å². The molecular formula is C24H34N2O5. The summed E-state index contributed by atoms with van der Waals surface area (Å²) in [5.74, 6) is -1.05. The molecule has 3 rings (SSSR count). The summed E-state index contributed by atoms with van der Waals surface area (Å²) in [7, 11) is 2.95. The first-order chi connectivity index (χ1) is 14.9. The van der Waals surface area contributed by atoms with E-state index in [4.69, 9.17) is 9.47 Å². The number of rotatable bonds is 8. The molecule has 2 atom stereocenters. The quantitative estimate of drug-likeness (QED) is 0.641. The van der Waals surface area contributed by atoms with Crippen LogP contribution in [0.3, 0.4) is 0 Å². The Bertz CT molecular complexity index is 816. The van der Waals surface area contributed by atoms with Gasteiger partial charge >= 0.3 is 5.97 Å². The van der Waals surface area contributed by atoms with Crippen molar-refractivity contribution in [2.24, 2.45) is 5.92 Å². The maximum Gasteiger partial charge on any atom is 0.328 e. The highest BCUT2D eigenvalue weighted by molar-refractivity contribution is 6.02. The van der Waals surface area contributed by atoms with E-state index in [1.165, 1.54) is 7.11 Å². The largest absolute Gasteiger partial charge is 0.467 e. The number of methoxy groups -OCH3 is 2. The Morgan fingerprint density at radius 3 is 2.48 bits per heavy atom. The van der Waals surface area contributed by atoms with Crippen LogP contribution >= 0.6 is 0 Å². The standard InChI is InChI=1S/C24H34N2O5/c1-16(2)15-19(23(29)31-4)25-21(27)20-17-9-5-6-10-18(17)22(28)26(13-14-30-3)24(20)11-7-8-12-24/h5-6,9-10,16,19-20H,7-8,11-15H2,1-4H3,(H,25,27)/t19-,20-/m1/s1. The number of nitrogens with one attached hydrogen (secondary N) is 1. The van der Waals surface area contributed by atoms with Gasteiger partial charge in [-0.15, -0.1) is 0 Å². The van der Waals surface area contributed by atoms with Crippen molar-refractivity contribution in [3.8, 4) is 0 Å². The van der Waals surface area contributed by atoms with Crippen LogP contribution in [0.15, 0.2) is 24.3 Å². The Morgan fingerprint density at radius 2 is 1.87 bits per heavy atom. The molecule has 0 bridgehead atoms. The van der Waals surface area contributed by atoms with Crippen molar-refractivity contribution < 1.29 is 23.9 Å². The Kier molecular flexibility index (Phi) is 7.36. The molecule has 7 nitrogen and oxygen atoms in total. The summed E-state index contributed by atoms with van der Waals surface area (Å²) < 4.78 is 10.2. The van der Waals surface area contributed by atoms with Crippen molar-refractivity contribution in [2.75, 3.05) is 27.4 Å². The molecule has 1 aliphatic heterocycles. The summed E-state index contributed by atoms with van der Waals surface area (Å²) in [6.45, 7) is 4.84. The first-order valence-corrected chi connectivity index (χ1v) is 11.1. The lowest BCUT2D eigenvalue weighted by molar-refractivity contribution is -0.146. The fraction of sp³-hybridized carbons (Fsp3) is 0.625. The second-order valence-corrected chi connectivity index (χ2v) is 8.99. The molecule has 1 saturated carbocycles. The van der Waals surface area contributed by atoms with Crippen LogP contribution in [0.4, 0.5) is 0 Å². The van der Waals surface area contributed by atoms with Crippen LogP contribution in [0, 0.1) is 5.92 Å². The zero-order valence-electron chi connectivity index (χ0n) is 19.0. The fourth-order valence-corrected chi connectivity index (χ4v) is 5.26. The molecule has 1 heterocycles. The van der Waals surface area contributed by atoms with Crippen LogP contribution in [0.25, 0.3) is 0 Å². The lowest BCUT2D eigenvalue weighted by atomic mass is 9.71. The number of carbonyl (C=O) groups is 3. The third-order valence-electron chi connectivity index (χ3n) is 6.58. The molecular weight excluding hydrogens is 396 g/mol. The lowest BCUT2D eigenvalue weighted by Crippen LogP contribution is -2.62. The molecule has 170 valence electrons. The summed E-state index contributed by atoms with van der Waals surface area (Å²) in [6, 6.07) is 6.63. The van der Waals surface area contributed by atoms with Crippen molar-refractivity contribution >= 4 is 17.8 Å². The lowest BCUT2D eigenvalue weighted by Gasteiger charge is -2.50. The Morgan fingerprint density at radius 1 is 1.19 bits per heavy atom. The van der Waals surface area contributed by atoms with E-state index >= 15 is 0 Å². The van der Waals surface area contributed by atoms with Gasteiger partial charge in [0.25, 0.3) is 5.91 Å². The van der Waals surface area contributed by atoms with Gasteiger partial charge in [0.1, 0.15) is 6.04 Å². The number of amides is 2. The maximum absolute atomic E-state index is 13.8. The highest BCUT2D eigenvalue weighted by Crippen LogP contribution is 2.50. The van der Waals surface area contributed by atoms with Gasteiger partial charge in [0.15, 0.2) is 0 Å². The number of hydrogen-bond acceptors (Lipinski definition) is 5. The van der Waals surface area contributed by atoms with E-state index in [9.17, 15) is 14.4 Å². The monoisotopic (exact) mass is 430 g/mol. The first-order valence-electron chi connectivity index (χ1n) is 11.1. The predicted molar refractivity (Wildman–Crippen MR) is 117 cm³/mol. The molecule has 1 aromatic carbocycles. The molecule has 31 heavy (non-hydrogen) atoms. The summed E-state index contributed by atoms with van der Waals surface area (Å²) in [4.78, 5) is 41.4. The van der Waals surface area contributed by atoms with Crippen LogP contribution in [-0.2, 0) is 19.1 Å². The molecule has 7 heteroatoms. The maximum atomic E-state index is 13.8. The third kappa shape index (κ3) is 4.47. The first kappa shape index (κ1) is 23.3. The zero-order chi connectivity index (χ0) is 22.6. The fourth-order valence-electron chi connectivity index (χ4n) is 5.26. The average molecular weight is 431 g/mol. The topological polar surface area (TPSA) is 84.9 Å². The molecule has 2 amide bonds. The molecule has 0 unspecified atom stereocenters. The normalized spacial score (nSPS) is 20.6. The Hall–Kier alpha value is -2.41. The molecule has 1 aliphatic carbocycles. The SMILES string of the molecule is COCCN1C(=O)c2ccccc2[C@H](C(=O)N[C@H](CC(C)C)C(=O)OC)C12CCCC2. The van der Waals surface area contributed by atoms with Gasteiger partial charge in [-0.05, 0) is 36.8 Å². The van der Waals surface area contributed by atoms with Gasteiger partial charge in [-0.25, -0.2) is 4.79 Å². The smallest absolute Gasteiger partial charge is 0.328 e. The number of hydrogen-bond donors (Lipinski definition) is 1. The third-order valence-corrected chi connectivity index (χ3v) is 6.58. The minimum absolute atomic E-state index is 0.0506. The molecule has 1 N–H and O–H groups in total. The number of fused-ring (bicyclic) bond motifs is 1. The van der Waals surface area contributed by atoms with Gasteiger partial charge in [-0.3, -0.25) is 9.59 Å². The summed E-state index contributed by atoms with van der Waals surface area (Å²) in [6.07, 6.45) is 3.90. The number of nitrogens with zero attached hydrogens (tertiary/aromatic N) is 1. The van der Waals surface area contributed by atoms with E-state index in [1.54, 1.807) is 13.2 Å². The average Bonchev–Trinajstić information content (AvgIpc) is 3.22. The summed E-state index contributed by atoms with van der Waals surface area (Å²) in [5, 5.41) is 2.97.